The Morgan fingerprint density at radius 2 is 1.59 bits per heavy atom. The van der Waals surface area contributed by atoms with Crippen molar-refractivity contribution < 1.29 is 36.9 Å². The number of hydrogen-bond acceptors (Lipinski definition) is 10. The van der Waals surface area contributed by atoms with Gasteiger partial charge < -0.3 is 5.32 Å². The van der Waals surface area contributed by atoms with Gasteiger partial charge in [-0.05, 0) is 130 Å². The zero-order chi connectivity index (χ0) is 51.2. The van der Waals surface area contributed by atoms with Crippen LogP contribution in [0.5, 0.6) is 0 Å². The topological polar surface area (TPSA) is 143 Å². The second-order valence-corrected chi connectivity index (χ2v) is 21.3. The molecular weight excluding hydrogens is 936 g/mol. The predicted octanol–water partition coefficient (Wildman–Crippen LogP) is 7.99. The number of imide groups is 1. The number of benzene rings is 2. The van der Waals surface area contributed by atoms with Gasteiger partial charge >= 0.3 is 6.03 Å². The van der Waals surface area contributed by atoms with Crippen LogP contribution in [0.25, 0.3) is 11.8 Å². The number of carbonyl (C=O) groups excluding carboxylic acids is 4. The van der Waals surface area contributed by atoms with Crippen LogP contribution in [0.15, 0.2) is 65.2 Å². The SMILES string of the molecule is CNc1cc(=O)n(-c2ccnc3c2C=C(CN2CCC(c4c(F)cc(C(=O)CC5CCC(CN6CCN(Cc7ccc8c(c7)N(C)C(=O)/[N+]8=C/C7CCC(=O)NC7=O)CC6C)CC5)cc4F)CC2)C3C)cc1F. The fourth-order valence-corrected chi connectivity index (χ4v) is 12.3. The van der Waals surface area contributed by atoms with Crippen LogP contribution in [0.2, 0.25) is 0 Å². The number of rotatable bonds is 13. The molecule has 4 fully saturated rings. The van der Waals surface area contributed by atoms with E-state index in [1.807, 2.05) is 18.2 Å². The molecule has 6 aliphatic rings. The Kier molecular flexibility index (Phi) is 14.4. The van der Waals surface area contributed by atoms with Crippen molar-refractivity contribution in [2.45, 2.75) is 96.1 Å². The Bertz CT molecular complexity index is 2950. The highest BCUT2D eigenvalue weighted by Crippen LogP contribution is 2.41. The molecule has 4 amide bonds. The van der Waals surface area contributed by atoms with Gasteiger partial charge in [0.1, 0.15) is 11.6 Å². The number of nitrogens with one attached hydrogen (secondary N) is 2. The highest BCUT2D eigenvalue weighted by Gasteiger charge is 2.41. The van der Waals surface area contributed by atoms with Gasteiger partial charge in [0.15, 0.2) is 23.0 Å². The number of piperidine rings is 2. The van der Waals surface area contributed by atoms with Crippen molar-refractivity contribution in [1.29, 1.82) is 0 Å². The second kappa shape index (κ2) is 20.9. The summed E-state index contributed by atoms with van der Waals surface area (Å²) < 4.78 is 49.2. The van der Waals surface area contributed by atoms with Crippen LogP contribution in [-0.2, 0) is 16.1 Å². The molecule has 4 aliphatic heterocycles. The molecule has 3 saturated heterocycles. The van der Waals surface area contributed by atoms with Crippen molar-refractivity contribution in [2.75, 3.05) is 70.1 Å². The third-order valence-electron chi connectivity index (χ3n) is 16.6. The van der Waals surface area contributed by atoms with Gasteiger partial charge in [0.2, 0.25) is 11.8 Å². The van der Waals surface area contributed by atoms with Crippen LogP contribution in [0, 0.1) is 35.2 Å². The first-order valence-electron chi connectivity index (χ1n) is 26.0. The lowest BCUT2D eigenvalue weighted by atomic mass is 9.78. The van der Waals surface area contributed by atoms with E-state index in [1.165, 1.54) is 33.5 Å². The first kappa shape index (κ1) is 50.2. The predicted molar refractivity (Wildman–Crippen MR) is 273 cm³/mol. The third kappa shape index (κ3) is 10.3. The van der Waals surface area contributed by atoms with E-state index in [4.69, 9.17) is 0 Å². The number of likely N-dealkylation sites (tertiary alicyclic amines) is 1. The monoisotopic (exact) mass is 1000 g/mol. The number of halogens is 3. The van der Waals surface area contributed by atoms with Gasteiger partial charge in [-0.3, -0.25) is 48.7 Å². The third-order valence-corrected chi connectivity index (χ3v) is 16.6. The molecule has 2 aromatic carbocycles. The Balaban J connectivity index is 0.672. The molecule has 3 unspecified atom stereocenters. The van der Waals surface area contributed by atoms with E-state index >= 15 is 8.78 Å². The Labute approximate surface area is 423 Å². The number of nitrogens with zero attached hydrogens (tertiary/aromatic N) is 7. The normalized spacial score (nSPS) is 24.7. The molecule has 2 aromatic heterocycles. The fraction of sp³-hybridized carbons (Fsp3) is 0.482. The molecule has 10 rings (SSSR count). The number of Topliss-reactive ketones (excluding diaryl/α,β-unsaturated/α-hetero) is 1. The molecule has 0 radical (unpaired) electrons. The Hall–Kier alpha value is -6.30. The molecule has 0 bridgehead atoms. The van der Waals surface area contributed by atoms with Gasteiger partial charge in [-0.25, -0.2) is 13.2 Å². The molecule has 14 nitrogen and oxygen atoms in total. The lowest BCUT2D eigenvalue weighted by Gasteiger charge is -2.42. The molecule has 2 aliphatic carbocycles. The highest BCUT2D eigenvalue weighted by atomic mass is 19.1. The molecule has 3 atom stereocenters. The quantitative estimate of drug-likeness (QED) is 0.0769. The van der Waals surface area contributed by atoms with E-state index in [0.717, 1.165) is 92.2 Å². The van der Waals surface area contributed by atoms with Gasteiger partial charge in [-0.1, -0.05) is 13.0 Å². The number of aromatic nitrogens is 2. The van der Waals surface area contributed by atoms with Crippen molar-refractivity contribution in [1.82, 2.24) is 29.6 Å². The number of piperazine rings is 1. The lowest BCUT2D eigenvalue weighted by molar-refractivity contribution is -0.319. The number of urea groups is 1. The Morgan fingerprint density at radius 3 is 2.30 bits per heavy atom. The van der Waals surface area contributed by atoms with Crippen molar-refractivity contribution >= 4 is 53.0 Å². The number of amides is 4. The number of ketones is 1. The van der Waals surface area contributed by atoms with Gasteiger partial charge in [-0.15, -0.1) is 0 Å². The average Bonchev–Trinajstić information content (AvgIpc) is 3.81. The summed E-state index contributed by atoms with van der Waals surface area (Å²) >= 11 is 0. The van der Waals surface area contributed by atoms with Crippen LogP contribution in [0.1, 0.15) is 116 Å². The number of hydrogen-bond donors (Lipinski definition) is 2. The number of anilines is 2. The van der Waals surface area contributed by atoms with Crippen LogP contribution in [-0.4, -0.2) is 125 Å². The van der Waals surface area contributed by atoms with Gasteiger partial charge in [0.05, 0.1) is 42.4 Å². The minimum Gasteiger partial charge on any atom is -0.386 e. The lowest BCUT2D eigenvalue weighted by Crippen LogP contribution is -2.52. The fourth-order valence-electron chi connectivity index (χ4n) is 12.3. The van der Waals surface area contributed by atoms with Crippen LogP contribution >= 0.6 is 0 Å². The summed E-state index contributed by atoms with van der Waals surface area (Å²) in [5, 5.41) is 5.07. The first-order valence-corrected chi connectivity index (χ1v) is 26.0. The molecule has 17 heteroatoms. The van der Waals surface area contributed by atoms with Gasteiger partial charge in [0, 0.05) is 100 Å². The van der Waals surface area contributed by atoms with E-state index in [0.29, 0.717) is 56.5 Å². The number of pyridine rings is 2. The average molecular weight is 1000 g/mol. The molecule has 73 heavy (non-hydrogen) atoms. The summed E-state index contributed by atoms with van der Waals surface area (Å²) in [6.07, 6.45) is 12.4. The number of fused-ring (bicyclic) bond motifs is 2. The van der Waals surface area contributed by atoms with Crippen molar-refractivity contribution in [2.24, 2.45) is 17.8 Å². The van der Waals surface area contributed by atoms with Crippen LogP contribution in [0.4, 0.5) is 35.0 Å². The zero-order valence-corrected chi connectivity index (χ0v) is 42.1. The second-order valence-electron chi connectivity index (χ2n) is 21.3. The summed E-state index contributed by atoms with van der Waals surface area (Å²) in [5.74, 6) is -2.90. The van der Waals surface area contributed by atoms with Crippen molar-refractivity contribution in [3.05, 3.63) is 116 Å². The molecule has 1 saturated carbocycles. The summed E-state index contributed by atoms with van der Waals surface area (Å²) in [6, 6.07) is 11.6. The van der Waals surface area contributed by atoms with E-state index in [-0.39, 0.29) is 76.6 Å². The minimum atomic E-state index is -0.652. The van der Waals surface area contributed by atoms with E-state index < -0.39 is 23.4 Å². The largest absolute Gasteiger partial charge is 0.503 e. The van der Waals surface area contributed by atoms with Gasteiger partial charge in [0.25, 0.3) is 5.56 Å². The van der Waals surface area contributed by atoms with E-state index in [2.05, 4.69) is 50.2 Å². The van der Waals surface area contributed by atoms with E-state index in [9.17, 15) is 28.4 Å². The van der Waals surface area contributed by atoms with E-state index in [1.54, 1.807) is 37.5 Å². The number of carbonyl (C=O) groups is 4. The van der Waals surface area contributed by atoms with Crippen molar-refractivity contribution in [3.63, 3.8) is 0 Å². The van der Waals surface area contributed by atoms with Crippen molar-refractivity contribution in [3.8, 4) is 5.69 Å². The standard InChI is InChI=1S/C56H64F3N9O5/c1-33-27-65(28-37-9-11-48-49(21-37)63(4)56(73)68(48)31-39-10-12-51(70)62-55(39)72)19-20-66(33)29-36-7-5-35(6-8-36)22-50(69)40-24-43(57)53(44(58)25-40)38-14-17-64(18-15-38)30-41-23-42-47(13-16-61-54(42)34(41)2)67-32-45(59)46(60-3)26-52(67)71/h9,11,13,16,21,23-26,31-36,38-39H,5-8,10,12,14-15,17-20,22,27-30H2,1-4H3,(H-,60,62,70,71,72)/p+1/b68-31+. The molecule has 6 heterocycles. The van der Waals surface area contributed by atoms with Crippen LogP contribution < -0.4 is 21.1 Å². The minimum absolute atomic E-state index is 0.0262. The Morgan fingerprint density at radius 1 is 0.849 bits per heavy atom. The highest BCUT2D eigenvalue weighted by molar-refractivity contribution is 6.06. The molecule has 2 N–H and O–H groups in total. The molecular formula is C56H65F3N9O5+. The summed E-state index contributed by atoms with van der Waals surface area (Å²) in [4.78, 5) is 77.3. The molecule has 4 aromatic rings. The summed E-state index contributed by atoms with van der Waals surface area (Å²) in [7, 11) is 3.30. The summed E-state index contributed by atoms with van der Waals surface area (Å²) in [6.45, 7) is 10.8. The summed E-state index contributed by atoms with van der Waals surface area (Å²) in [5.41, 5.74) is 5.82. The van der Waals surface area contributed by atoms with Crippen LogP contribution in [0.3, 0.4) is 0 Å². The smallest absolute Gasteiger partial charge is 0.386 e. The first-order chi connectivity index (χ1) is 35.1. The molecule has 0 spiro atoms. The zero-order valence-electron chi connectivity index (χ0n) is 42.1. The maximum atomic E-state index is 15.8. The maximum Gasteiger partial charge on any atom is 0.503 e. The maximum absolute atomic E-state index is 15.8. The van der Waals surface area contributed by atoms with Gasteiger partial charge in [-0.2, -0.15) is 14.3 Å². The molecule has 384 valence electrons.